The van der Waals surface area contributed by atoms with E-state index < -0.39 is 6.09 Å². The third-order valence-corrected chi connectivity index (χ3v) is 8.98. The van der Waals surface area contributed by atoms with Crippen LogP contribution in [0.1, 0.15) is 27.6 Å². The number of likely N-dealkylation sites (tertiary alicyclic amines) is 1. The van der Waals surface area contributed by atoms with Crippen molar-refractivity contribution in [3.05, 3.63) is 58.1 Å². The number of piperidine rings is 1. The topological polar surface area (TPSA) is 88.8 Å². The van der Waals surface area contributed by atoms with Crippen LogP contribution in [-0.2, 0) is 0 Å². The summed E-state index contributed by atoms with van der Waals surface area (Å²) in [7, 11) is 0. The largest absolute Gasteiger partial charge is 0.413 e. The minimum Gasteiger partial charge on any atom is -0.397 e. The van der Waals surface area contributed by atoms with Crippen LogP contribution in [0.3, 0.4) is 0 Å². The molecule has 1 aliphatic carbocycles. The number of thiazole rings is 2. The SMILES string of the molecule is Cc1nc(C(=O)N2C[C@@H]3C[C@@H]3[C@H]2CNC(=O)Oc2sc3nccn3c2C)c(-c2cccc(Cl)c2)s1. The summed E-state index contributed by atoms with van der Waals surface area (Å²) in [5.41, 5.74) is 2.15. The zero-order valence-electron chi connectivity index (χ0n) is 19.0. The van der Waals surface area contributed by atoms with Gasteiger partial charge in [-0.1, -0.05) is 35.1 Å². The first-order valence-electron chi connectivity index (χ1n) is 11.3. The van der Waals surface area contributed by atoms with Gasteiger partial charge in [-0.05, 0) is 49.8 Å². The number of aryl methyl sites for hydroxylation is 2. The van der Waals surface area contributed by atoms with E-state index in [9.17, 15) is 9.59 Å². The van der Waals surface area contributed by atoms with E-state index in [1.54, 1.807) is 6.20 Å². The molecule has 3 aromatic heterocycles. The molecule has 1 saturated heterocycles. The number of aromatic nitrogens is 3. The van der Waals surface area contributed by atoms with Gasteiger partial charge in [-0.3, -0.25) is 9.20 Å². The predicted octanol–water partition coefficient (Wildman–Crippen LogP) is 5.04. The second-order valence-electron chi connectivity index (χ2n) is 8.93. The van der Waals surface area contributed by atoms with Gasteiger partial charge in [-0.15, -0.1) is 11.3 Å². The number of hydrogen-bond donors (Lipinski definition) is 1. The van der Waals surface area contributed by atoms with E-state index in [1.807, 2.05) is 53.6 Å². The van der Waals surface area contributed by atoms with Crippen molar-refractivity contribution in [3.8, 4) is 15.5 Å². The molecule has 1 aromatic carbocycles. The molecule has 180 valence electrons. The maximum atomic E-state index is 13.7. The Balaban J connectivity index is 1.17. The first-order chi connectivity index (χ1) is 16.9. The fraction of sp³-hybridized carbons (Fsp3) is 0.333. The Morgan fingerprint density at radius 3 is 2.94 bits per heavy atom. The van der Waals surface area contributed by atoms with Gasteiger partial charge in [0.05, 0.1) is 21.6 Å². The van der Waals surface area contributed by atoms with E-state index in [4.69, 9.17) is 16.3 Å². The number of benzene rings is 1. The van der Waals surface area contributed by atoms with Gasteiger partial charge in [0, 0.05) is 30.5 Å². The Labute approximate surface area is 214 Å². The van der Waals surface area contributed by atoms with E-state index in [-0.39, 0.29) is 11.9 Å². The maximum absolute atomic E-state index is 13.7. The number of fused-ring (bicyclic) bond motifs is 2. The van der Waals surface area contributed by atoms with E-state index in [2.05, 4.69) is 15.3 Å². The molecule has 0 radical (unpaired) electrons. The highest BCUT2D eigenvalue weighted by Gasteiger charge is 2.54. The predicted molar refractivity (Wildman–Crippen MR) is 136 cm³/mol. The number of nitrogens with zero attached hydrogens (tertiary/aromatic N) is 4. The fourth-order valence-electron chi connectivity index (χ4n) is 4.88. The summed E-state index contributed by atoms with van der Waals surface area (Å²) in [4.78, 5) is 38.5. The normalized spacial score (nSPS) is 20.8. The Hall–Kier alpha value is -2.95. The molecule has 0 spiro atoms. The zero-order valence-corrected chi connectivity index (χ0v) is 21.4. The lowest BCUT2D eigenvalue weighted by Crippen LogP contribution is -2.46. The lowest BCUT2D eigenvalue weighted by molar-refractivity contribution is 0.0700. The molecular weight excluding hydrogens is 506 g/mol. The molecule has 1 aliphatic heterocycles. The molecule has 0 bridgehead atoms. The van der Waals surface area contributed by atoms with Crippen LogP contribution in [0.15, 0.2) is 36.7 Å². The highest BCUT2D eigenvalue weighted by atomic mass is 35.5. The average molecular weight is 528 g/mol. The summed E-state index contributed by atoms with van der Waals surface area (Å²) in [5.74, 6) is 0.760. The van der Waals surface area contributed by atoms with Crippen molar-refractivity contribution < 1.29 is 14.3 Å². The molecule has 11 heteroatoms. The van der Waals surface area contributed by atoms with Crippen molar-refractivity contribution in [1.29, 1.82) is 0 Å². The summed E-state index contributed by atoms with van der Waals surface area (Å²) in [5, 5.41) is 4.83. The number of rotatable bonds is 5. The zero-order chi connectivity index (χ0) is 24.3. The Morgan fingerprint density at radius 2 is 2.14 bits per heavy atom. The lowest BCUT2D eigenvalue weighted by Gasteiger charge is -2.27. The molecule has 2 aliphatic rings. The van der Waals surface area contributed by atoms with Gasteiger partial charge in [0.25, 0.3) is 5.91 Å². The van der Waals surface area contributed by atoms with Crippen LogP contribution in [0.25, 0.3) is 15.4 Å². The fourth-order valence-corrected chi connectivity index (χ4v) is 6.91. The third kappa shape index (κ3) is 4.09. The van der Waals surface area contributed by atoms with Crippen molar-refractivity contribution in [1.82, 2.24) is 24.6 Å². The molecule has 4 aromatic rings. The van der Waals surface area contributed by atoms with Gasteiger partial charge in [-0.2, -0.15) is 0 Å². The first kappa shape index (κ1) is 22.5. The van der Waals surface area contributed by atoms with Gasteiger partial charge in [0.2, 0.25) is 5.06 Å². The monoisotopic (exact) mass is 527 g/mol. The first-order valence-corrected chi connectivity index (χ1v) is 13.3. The number of ether oxygens (including phenoxy) is 1. The van der Waals surface area contributed by atoms with Gasteiger partial charge < -0.3 is 15.0 Å². The van der Waals surface area contributed by atoms with Crippen LogP contribution in [0.4, 0.5) is 4.79 Å². The number of carbonyl (C=O) groups excluding carboxylic acids is 2. The standard InChI is InChI=1S/C24H22ClN5O3S2/c1-12-22(35-23-26-6-7-29(12)23)33-24(32)27-10-18-17-9-15(17)11-30(18)21(31)19-20(34-13(2)28-19)14-4-3-5-16(25)8-14/h3-8,15,17-18H,9-11H2,1-2H3,(H,27,32)/t15-,17-,18+/m0/s1. The molecule has 2 amide bonds. The molecule has 6 rings (SSSR count). The maximum Gasteiger partial charge on any atom is 0.413 e. The molecule has 8 nitrogen and oxygen atoms in total. The number of nitrogens with one attached hydrogen (secondary N) is 1. The van der Waals surface area contributed by atoms with Gasteiger partial charge in [0.1, 0.15) is 5.69 Å². The number of amides is 2. The number of carbonyl (C=O) groups is 2. The Kier molecular flexibility index (Phi) is 5.54. The van der Waals surface area contributed by atoms with Gasteiger partial charge >= 0.3 is 6.09 Å². The van der Waals surface area contributed by atoms with Crippen molar-refractivity contribution in [2.45, 2.75) is 26.3 Å². The Morgan fingerprint density at radius 1 is 1.29 bits per heavy atom. The van der Waals surface area contributed by atoms with Crippen LogP contribution in [0, 0.1) is 25.7 Å². The summed E-state index contributed by atoms with van der Waals surface area (Å²) in [6.45, 7) is 4.80. The summed E-state index contributed by atoms with van der Waals surface area (Å²) >= 11 is 9.00. The number of halogens is 1. The Bertz CT molecular complexity index is 1460. The highest BCUT2D eigenvalue weighted by Crippen LogP contribution is 2.50. The minimum atomic E-state index is -0.529. The minimum absolute atomic E-state index is 0.0870. The number of imidazole rings is 1. The summed E-state index contributed by atoms with van der Waals surface area (Å²) < 4.78 is 7.43. The van der Waals surface area contributed by atoms with Crippen LogP contribution < -0.4 is 10.1 Å². The molecular formula is C24H22ClN5O3S2. The highest BCUT2D eigenvalue weighted by molar-refractivity contribution is 7.19. The molecule has 4 heterocycles. The van der Waals surface area contributed by atoms with Crippen molar-refractivity contribution in [3.63, 3.8) is 0 Å². The number of hydrogen-bond acceptors (Lipinski definition) is 7. The van der Waals surface area contributed by atoms with E-state index in [0.29, 0.717) is 40.7 Å². The van der Waals surface area contributed by atoms with Crippen molar-refractivity contribution in [2.24, 2.45) is 11.8 Å². The van der Waals surface area contributed by atoms with E-state index in [0.717, 1.165) is 32.5 Å². The van der Waals surface area contributed by atoms with Crippen molar-refractivity contribution in [2.75, 3.05) is 13.1 Å². The van der Waals surface area contributed by atoms with Crippen LogP contribution >= 0.6 is 34.3 Å². The van der Waals surface area contributed by atoms with Crippen LogP contribution in [-0.4, -0.2) is 50.4 Å². The quantitative estimate of drug-likeness (QED) is 0.393. The molecule has 3 atom stereocenters. The molecule has 35 heavy (non-hydrogen) atoms. The summed E-state index contributed by atoms with van der Waals surface area (Å²) in [6, 6.07) is 7.39. The van der Waals surface area contributed by atoms with E-state index in [1.165, 1.54) is 22.7 Å². The smallest absolute Gasteiger partial charge is 0.397 e. The molecule has 2 fully saturated rings. The third-order valence-electron chi connectivity index (χ3n) is 6.68. The van der Waals surface area contributed by atoms with E-state index >= 15 is 0 Å². The van der Waals surface area contributed by atoms with Crippen LogP contribution in [0.2, 0.25) is 5.02 Å². The van der Waals surface area contributed by atoms with Gasteiger partial charge in [-0.25, -0.2) is 14.8 Å². The van der Waals surface area contributed by atoms with Crippen LogP contribution in [0.5, 0.6) is 5.06 Å². The lowest BCUT2D eigenvalue weighted by atomic mass is 10.1. The summed E-state index contributed by atoms with van der Waals surface area (Å²) in [6.07, 6.45) is 4.09. The molecule has 1 N–H and O–H groups in total. The van der Waals surface area contributed by atoms with Gasteiger partial charge in [0.15, 0.2) is 4.96 Å². The second-order valence-corrected chi connectivity index (χ2v) is 11.5. The second kappa shape index (κ2) is 8.61. The molecule has 1 saturated carbocycles. The molecule has 0 unspecified atom stereocenters. The average Bonchev–Trinajstić information content (AvgIpc) is 3.16. The van der Waals surface area contributed by atoms with Crippen molar-refractivity contribution >= 4 is 51.2 Å².